The largest absolute Gasteiger partial charge is 0.368 e. The van der Waals surface area contributed by atoms with E-state index in [2.05, 4.69) is 10.4 Å². The topological polar surface area (TPSA) is 90.0 Å². The van der Waals surface area contributed by atoms with E-state index in [0.29, 0.717) is 11.3 Å². The quantitative estimate of drug-likeness (QED) is 0.746. The van der Waals surface area contributed by atoms with Gasteiger partial charge in [-0.15, -0.1) is 11.3 Å². The molecule has 1 aromatic carbocycles. The molecule has 2 aromatic heterocycles. The van der Waals surface area contributed by atoms with Gasteiger partial charge in [0, 0.05) is 6.20 Å². The highest BCUT2D eigenvalue weighted by Gasteiger charge is 2.21. The van der Waals surface area contributed by atoms with Crippen molar-refractivity contribution < 1.29 is 9.59 Å². The number of nitrogens with two attached hydrogens (primary N) is 1. The molecule has 0 saturated carbocycles. The minimum absolute atomic E-state index is 0.383. The second-order valence-corrected chi connectivity index (χ2v) is 6.19. The molecule has 0 aliphatic heterocycles. The van der Waals surface area contributed by atoms with E-state index in [4.69, 9.17) is 5.73 Å². The van der Waals surface area contributed by atoms with E-state index < -0.39 is 11.9 Å². The summed E-state index contributed by atoms with van der Waals surface area (Å²) in [6.07, 6.45) is 1.66. The summed E-state index contributed by atoms with van der Waals surface area (Å²) < 4.78 is 1.65. The molecule has 0 spiro atoms. The number of nitrogens with zero attached hydrogens (tertiary/aromatic N) is 2. The molecule has 1 atom stereocenters. The Bertz CT molecular complexity index is 856. The Morgan fingerprint density at radius 3 is 2.58 bits per heavy atom. The summed E-state index contributed by atoms with van der Waals surface area (Å²) in [5.74, 6) is -0.969. The molecule has 2 heterocycles. The van der Waals surface area contributed by atoms with Crippen molar-refractivity contribution in [1.29, 1.82) is 0 Å². The van der Waals surface area contributed by atoms with E-state index in [1.54, 1.807) is 17.8 Å². The number of hydrogen-bond acceptors (Lipinski definition) is 4. The van der Waals surface area contributed by atoms with Crippen LogP contribution in [0.4, 0.5) is 0 Å². The van der Waals surface area contributed by atoms with Crippen molar-refractivity contribution in [3.63, 3.8) is 0 Å². The number of amides is 2. The SMILES string of the molecule is CC(NC(=O)c1cn(-c2ccccc2)nc1-c1cccs1)C(N)=O. The Morgan fingerprint density at radius 2 is 1.96 bits per heavy atom. The molecule has 3 N–H and O–H groups in total. The van der Waals surface area contributed by atoms with Crippen LogP contribution in [0.5, 0.6) is 0 Å². The van der Waals surface area contributed by atoms with E-state index in [1.165, 1.54) is 11.3 Å². The molecule has 0 bridgehead atoms. The monoisotopic (exact) mass is 340 g/mol. The normalized spacial score (nSPS) is 11.9. The lowest BCUT2D eigenvalue weighted by Gasteiger charge is -2.09. The van der Waals surface area contributed by atoms with E-state index >= 15 is 0 Å². The maximum atomic E-state index is 12.6. The van der Waals surface area contributed by atoms with Crippen LogP contribution in [0.1, 0.15) is 17.3 Å². The molecule has 3 aromatic rings. The van der Waals surface area contributed by atoms with Gasteiger partial charge in [0.05, 0.1) is 16.1 Å². The fraction of sp³-hybridized carbons (Fsp3) is 0.118. The van der Waals surface area contributed by atoms with Gasteiger partial charge in [-0.2, -0.15) is 5.10 Å². The lowest BCUT2D eigenvalue weighted by atomic mass is 10.2. The van der Waals surface area contributed by atoms with Crippen molar-refractivity contribution in [2.75, 3.05) is 0 Å². The third-order valence-corrected chi connectivity index (χ3v) is 4.39. The van der Waals surface area contributed by atoms with Crippen LogP contribution in [0.25, 0.3) is 16.3 Å². The Balaban J connectivity index is 2.02. The number of aromatic nitrogens is 2. The summed E-state index contributed by atoms with van der Waals surface area (Å²) >= 11 is 1.49. The summed E-state index contributed by atoms with van der Waals surface area (Å²) in [7, 11) is 0. The van der Waals surface area contributed by atoms with Crippen LogP contribution in [0, 0.1) is 0 Å². The molecule has 6 nitrogen and oxygen atoms in total. The molecule has 0 saturated heterocycles. The number of thiophene rings is 1. The average Bonchev–Trinajstić information content (AvgIpc) is 3.24. The van der Waals surface area contributed by atoms with Crippen LogP contribution in [0.3, 0.4) is 0 Å². The summed E-state index contributed by atoms with van der Waals surface area (Å²) in [6.45, 7) is 1.55. The van der Waals surface area contributed by atoms with Crippen molar-refractivity contribution in [1.82, 2.24) is 15.1 Å². The van der Waals surface area contributed by atoms with E-state index in [-0.39, 0.29) is 5.91 Å². The van der Waals surface area contributed by atoms with Crippen LogP contribution < -0.4 is 11.1 Å². The number of benzene rings is 1. The smallest absolute Gasteiger partial charge is 0.255 e. The second kappa shape index (κ2) is 6.67. The van der Waals surface area contributed by atoms with Gasteiger partial charge < -0.3 is 11.1 Å². The number of rotatable bonds is 5. The van der Waals surface area contributed by atoms with Gasteiger partial charge in [0.2, 0.25) is 5.91 Å². The van der Waals surface area contributed by atoms with Crippen LogP contribution in [-0.2, 0) is 4.79 Å². The van der Waals surface area contributed by atoms with Gasteiger partial charge in [0.25, 0.3) is 5.91 Å². The number of para-hydroxylation sites is 1. The molecule has 24 heavy (non-hydrogen) atoms. The number of primary amides is 1. The Labute approximate surface area is 142 Å². The third kappa shape index (κ3) is 3.21. The highest BCUT2D eigenvalue weighted by atomic mass is 32.1. The van der Waals surface area contributed by atoms with E-state index in [1.807, 2.05) is 47.8 Å². The van der Waals surface area contributed by atoms with Gasteiger partial charge in [-0.05, 0) is 30.5 Å². The molecule has 1 unspecified atom stereocenters. The zero-order valence-electron chi connectivity index (χ0n) is 13.0. The minimum Gasteiger partial charge on any atom is -0.368 e. The number of carbonyl (C=O) groups is 2. The van der Waals surface area contributed by atoms with Gasteiger partial charge in [-0.1, -0.05) is 24.3 Å². The first-order chi connectivity index (χ1) is 11.6. The fourth-order valence-corrected chi connectivity index (χ4v) is 2.92. The molecule has 122 valence electrons. The summed E-state index contributed by atoms with van der Waals surface area (Å²) in [5.41, 5.74) is 7.03. The molecule has 0 radical (unpaired) electrons. The molecular weight excluding hydrogens is 324 g/mol. The molecule has 0 fully saturated rings. The third-order valence-electron chi connectivity index (χ3n) is 3.51. The lowest BCUT2D eigenvalue weighted by Crippen LogP contribution is -2.42. The summed E-state index contributed by atoms with van der Waals surface area (Å²) in [4.78, 5) is 24.6. The highest BCUT2D eigenvalue weighted by Crippen LogP contribution is 2.27. The minimum atomic E-state index is -0.756. The predicted molar refractivity (Wildman–Crippen MR) is 93.0 cm³/mol. The van der Waals surface area contributed by atoms with E-state index in [9.17, 15) is 9.59 Å². The standard InChI is InChI=1S/C17H16N4O2S/c1-11(16(18)22)19-17(23)13-10-21(12-6-3-2-4-7-12)20-15(13)14-8-5-9-24-14/h2-11H,1H3,(H2,18,22)(H,19,23). The first-order valence-corrected chi connectivity index (χ1v) is 8.23. The molecular formula is C17H16N4O2S. The molecule has 3 rings (SSSR count). The number of nitrogens with one attached hydrogen (secondary N) is 1. The summed E-state index contributed by atoms with van der Waals surface area (Å²) in [5, 5.41) is 9.07. The molecule has 7 heteroatoms. The Hall–Kier alpha value is -2.93. The van der Waals surface area contributed by atoms with Crippen molar-refractivity contribution in [2.24, 2.45) is 5.73 Å². The highest BCUT2D eigenvalue weighted by molar-refractivity contribution is 7.13. The van der Waals surface area contributed by atoms with Crippen LogP contribution in [0.15, 0.2) is 54.0 Å². The van der Waals surface area contributed by atoms with Gasteiger partial charge in [0.15, 0.2) is 0 Å². The van der Waals surface area contributed by atoms with E-state index in [0.717, 1.165) is 10.6 Å². The van der Waals surface area contributed by atoms with Gasteiger partial charge in [-0.25, -0.2) is 4.68 Å². The zero-order valence-corrected chi connectivity index (χ0v) is 13.8. The molecule has 2 amide bonds. The summed E-state index contributed by atoms with van der Waals surface area (Å²) in [6, 6.07) is 12.6. The lowest BCUT2D eigenvalue weighted by molar-refractivity contribution is -0.119. The molecule has 0 aliphatic carbocycles. The first-order valence-electron chi connectivity index (χ1n) is 7.35. The van der Waals surface area contributed by atoms with Crippen molar-refractivity contribution in [2.45, 2.75) is 13.0 Å². The number of hydrogen-bond donors (Lipinski definition) is 2. The number of carbonyl (C=O) groups excluding carboxylic acids is 2. The van der Waals surface area contributed by atoms with Crippen molar-refractivity contribution in [3.05, 3.63) is 59.6 Å². The fourth-order valence-electron chi connectivity index (χ4n) is 2.19. The van der Waals surface area contributed by atoms with Crippen molar-refractivity contribution in [3.8, 4) is 16.3 Å². The van der Waals surface area contributed by atoms with Gasteiger partial charge in [-0.3, -0.25) is 9.59 Å². The maximum absolute atomic E-state index is 12.6. The Morgan fingerprint density at radius 1 is 1.21 bits per heavy atom. The van der Waals surface area contributed by atoms with Crippen LogP contribution >= 0.6 is 11.3 Å². The van der Waals surface area contributed by atoms with Gasteiger partial charge in [0.1, 0.15) is 11.7 Å². The van der Waals surface area contributed by atoms with Crippen LogP contribution in [-0.4, -0.2) is 27.6 Å². The maximum Gasteiger partial charge on any atom is 0.255 e. The predicted octanol–water partition coefficient (Wildman–Crippen LogP) is 2.20. The average molecular weight is 340 g/mol. The first kappa shape index (κ1) is 15.9. The van der Waals surface area contributed by atoms with Crippen LogP contribution in [0.2, 0.25) is 0 Å². The molecule has 0 aliphatic rings. The zero-order chi connectivity index (χ0) is 17.1. The second-order valence-electron chi connectivity index (χ2n) is 5.25. The Kier molecular flexibility index (Phi) is 4.43. The van der Waals surface area contributed by atoms with Gasteiger partial charge >= 0.3 is 0 Å². The van der Waals surface area contributed by atoms with Crippen molar-refractivity contribution >= 4 is 23.2 Å².